The SMILES string of the molecule is CCc1cc2[nH]c(B3OC(C)(C)C(C)(C)O3)cc2s1. The highest BCUT2D eigenvalue weighted by Gasteiger charge is 2.52. The minimum Gasteiger partial charge on any atom is -0.398 e. The summed E-state index contributed by atoms with van der Waals surface area (Å²) in [6.07, 6.45) is 1.08. The zero-order valence-electron chi connectivity index (χ0n) is 12.2. The predicted molar refractivity (Wildman–Crippen MR) is 81.3 cm³/mol. The smallest absolute Gasteiger partial charge is 0.398 e. The summed E-state index contributed by atoms with van der Waals surface area (Å²) in [5.41, 5.74) is 1.63. The van der Waals surface area contributed by atoms with E-state index >= 15 is 0 Å². The van der Waals surface area contributed by atoms with Crippen molar-refractivity contribution < 1.29 is 9.31 Å². The van der Waals surface area contributed by atoms with Gasteiger partial charge in [0.2, 0.25) is 0 Å². The van der Waals surface area contributed by atoms with Crippen LogP contribution in [-0.2, 0) is 15.7 Å². The quantitative estimate of drug-likeness (QED) is 0.856. The fourth-order valence-corrected chi connectivity index (χ4v) is 3.28. The number of hydrogen-bond acceptors (Lipinski definition) is 3. The summed E-state index contributed by atoms with van der Waals surface area (Å²) in [7, 11) is -0.297. The summed E-state index contributed by atoms with van der Waals surface area (Å²) in [5.74, 6) is 0. The molecule has 0 aliphatic carbocycles. The van der Waals surface area contributed by atoms with E-state index in [1.165, 1.54) is 15.1 Å². The van der Waals surface area contributed by atoms with Crippen LogP contribution in [0.25, 0.3) is 10.2 Å². The minimum absolute atomic E-state index is 0.287. The molecular formula is C14H20BNO2S. The summed E-state index contributed by atoms with van der Waals surface area (Å²) in [6, 6.07) is 4.37. The Morgan fingerprint density at radius 3 is 2.32 bits per heavy atom. The summed E-state index contributed by atoms with van der Waals surface area (Å²) in [5, 5.41) is 0. The van der Waals surface area contributed by atoms with Crippen molar-refractivity contribution in [1.29, 1.82) is 0 Å². The molecule has 0 amide bonds. The Bertz CT molecular complexity index is 567. The molecule has 0 atom stereocenters. The molecule has 0 radical (unpaired) electrons. The van der Waals surface area contributed by atoms with E-state index in [-0.39, 0.29) is 18.3 Å². The maximum atomic E-state index is 6.06. The molecule has 0 aromatic carbocycles. The molecule has 0 saturated carbocycles. The van der Waals surface area contributed by atoms with Crippen molar-refractivity contribution in [3.63, 3.8) is 0 Å². The van der Waals surface area contributed by atoms with Gasteiger partial charge in [-0.3, -0.25) is 0 Å². The Morgan fingerprint density at radius 2 is 1.79 bits per heavy atom. The molecule has 2 aromatic rings. The fourth-order valence-electron chi connectivity index (χ4n) is 2.27. The summed E-state index contributed by atoms with van der Waals surface area (Å²) >= 11 is 1.83. The highest BCUT2D eigenvalue weighted by atomic mass is 32.1. The molecule has 1 saturated heterocycles. The van der Waals surface area contributed by atoms with Gasteiger partial charge >= 0.3 is 7.12 Å². The first-order chi connectivity index (χ1) is 8.82. The normalized spacial score (nSPS) is 21.4. The zero-order chi connectivity index (χ0) is 13.8. The van der Waals surface area contributed by atoms with Crippen molar-refractivity contribution in [1.82, 2.24) is 4.98 Å². The van der Waals surface area contributed by atoms with E-state index in [0.29, 0.717) is 0 Å². The van der Waals surface area contributed by atoms with Crippen LogP contribution >= 0.6 is 11.3 Å². The Hall–Kier alpha value is -0.775. The van der Waals surface area contributed by atoms with Crippen molar-refractivity contribution in [3.8, 4) is 0 Å². The third kappa shape index (κ3) is 2.04. The molecule has 5 heteroatoms. The van der Waals surface area contributed by atoms with Gasteiger partial charge in [-0.2, -0.15) is 0 Å². The molecule has 0 unspecified atom stereocenters. The van der Waals surface area contributed by atoms with E-state index in [2.05, 4.69) is 51.7 Å². The Kier molecular flexibility index (Phi) is 2.86. The lowest BCUT2D eigenvalue weighted by atomic mass is 9.85. The van der Waals surface area contributed by atoms with Crippen molar-refractivity contribution in [2.75, 3.05) is 0 Å². The molecule has 3 nitrogen and oxygen atoms in total. The second kappa shape index (κ2) is 4.11. The van der Waals surface area contributed by atoms with E-state index in [9.17, 15) is 0 Å². The molecule has 19 heavy (non-hydrogen) atoms. The van der Waals surface area contributed by atoms with Crippen LogP contribution in [-0.4, -0.2) is 23.3 Å². The minimum atomic E-state index is -0.297. The molecule has 3 heterocycles. The molecular weight excluding hydrogens is 257 g/mol. The summed E-state index contributed by atoms with van der Waals surface area (Å²) in [4.78, 5) is 4.83. The molecule has 1 N–H and O–H groups in total. The Labute approximate surface area is 118 Å². The number of H-pyrrole nitrogens is 1. The van der Waals surface area contributed by atoms with Crippen LogP contribution < -0.4 is 5.59 Å². The molecule has 2 aromatic heterocycles. The fraction of sp³-hybridized carbons (Fsp3) is 0.571. The van der Waals surface area contributed by atoms with Crippen LogP contribution in [0.15, 0.2) is 12.1 Å². The lowest BCUT2D eigenvalue weighted by molar-refractivity contribution is 0.00578. The van der Waals surface area contributed by atoms with Gasteiger partial charge in [0.15, 0.2) is 0 Å². The van der Waals surface area contributed by atoms with E-state index in [0.717, 1.165) is 12.0 Å². The van der Waals surface area contributed by atoms with E-state index in [1.807, 2.05) is 11.3 Å². The van der Waals surface area contributed by atoms with Crippen molar-refractivity contribution in [3.05, 3.63) is 17.0 Å². The van der Waals surface area contributed by atoms with Gasteiger partial charge in [-0.25, -0.2) is 0 Å². The molecule has 1 aliphatic heterocycles. The molecule has 1 aliphatic rings. The third-order valence-corrected chi connectivity index (χ3v) is 5.46. The zero-order valence-corrected chi connectivity index (χ0v) is 13.0. The van der Waals surface area contributed by atoms with Crippen molar-refractivity contribution in [2.45, 2.75) is 52.2 Å². The molecule has 0 spiro atoms. The van der Waals surface area contributed by atoms with E-state index in [1.54, 1.807) is 0 Å². The average molecular weight is 277 g/mol. The predicted octanol–water partition coefficient (Wildman–Crippen LogP) is 3.09. The summed E-state index contributed by atoms with van der Waals surface area (Å²) < 4.78 is 13.4. The monoisotopic (exact) mass is 277 g/mol. The number of aryl methyl sites for hydroxylation is 1. The molecule has 1 fully saturated rings. The number of aromatic amines is 1. The topological polar surface area (TPSA) is 34.2 Å². The number of fused-ring (bicyclic) bond motifs is 1. The van der Waals surface area contributed by atoms with Crippen LogP contribution in [0.1, 0.15) is 39.5 Å². The maximum Gasteiger partial charge on any atom is 0.512 e. The highest BCUT2D eigenvalue weighted by molar-refractivity contribution is 7.19. The number of hydrogen-bond donors (Lipinski definition) is 1. The number of rotatable bonds is 2. The second-order valence-corrected chi connectivity index (χ2v) is 7.33. The number of aromatic nitrogens is 1. The second-order valence-electron chi connectivity index (χ2n) is 6.16. The van der Waals surface area contributed by atoms with E-state index < -0.39 is 0 Å². The highest BCUT2D eigenvalue weighted by Crippen LogP contribution is 2.36. The van der Waals surface area contributed by atoms with Gasteiger partial charge in [0.1, 0.15) is 0 Å². The first-order valence-corrected chi connectivity index (χ1v) is 7.61. The van der Waals surface area contributed by atoms with Crippen LogP contribution in [0.2, 0.25) is 0 Å². The third-order valence-electron chi connectivity index (χ3n) is 4.23. The van der Waals surface area contributed by atoms with E-state index in [4.69, 9.17) is 9.31 Å². The summed E-state index contributed by atoms with van der Waals surface area (Å²) in [6.45, 7) is 10.5. The van der Waals surface area contributed by atoms with Crippen LogP contribution in [0.5, 0.6) is 0 Å². The van der Waals surface area contributed by atoms with Gasteiger partial charge < -0.3 is 14.3 Å². The van der Waals surface area contributed by atoms with Gasteiger partial charge in [-0.1, -0.05) is 6.92 Å². The maximum absolute atomic E-state index is 6.06. The van der Waals surface area contributed by atoms with Crippen LogP contribution in [0.3, 0.4) is 0 Å². The van der Waals surface area contributed by atoms with Gasteiger partial charge in [-0.15, -0.1) is 11.3 Å². The Morgan fingerprint density at radius 1 is 1.16 bits per heavy atom. The first kappa shape index (κ1) is 13.2. The standard InChI is InChI=1S/C14H20BNO2S/c1-6-9-7-10-11(19-9)8-12(16-10)15-17-13(2,3)14(4,5)18-15/h7-8,16H,6H2,1-5H3. The molecule has 3 rings (SSSR count). The lowest BCUT2D eigenvalue weighted by Crippen LogP contribution is -2.41. The average Bonchev–Trinajstić information content (AvgIpc) is 2.88. The largest absolute Gasteiger partial charge is 0.512 e. The lowest BCUT2D eigenvalue weighted by Gasteiger charge is -2.32. The number of nitrogens with one attached hydrogen (secondary N) is 1. The van der Waals surface area contributed by atoms with Gasteiger partial charge in [0, 0.05) is 10.5 Å². The van der Waals surface area contributed by atoms with Gasteiger partial charge in [-0.05, 0) is 46.2 Å². The van der Waals surface area contributed by atoms with Crippen LogP contribution in [0, 0.1) is 0 Å². The molecule has 0 bridgehead atoms. The van der Waals surface area contributed by atoms with Gasteiger partial charge in [0.05, 0.1) is 21.4 Å². The van der Waals surface area contributed by atoms with Gasteiger partial charge in [0.25, 0.3) is 0 Å². The van der Waals surface area contributed by atoms with Crippen molar-refractivity contribution in [2.24, 2.45) is 0 Å². The number of thiophene rings is 1. The first-order valence-electron chi connectivity index (χ1n) is 6.79. The Balaban J connectivity index is 1.91. The van der Waals surface area contributed by atoms with Crippen molar-refractivity contribution >= 4 is 34.3 Å². The molecule has 102 valence electrons. The van der Waals surface area contributed by atoms with Crippen LogP contribution in [0.4, 0.5) is 0 Å².